The van der Waals surface area contributed by atoms with Crippen LogP contribution >= 0.6 is 15.9 Å². The Morgan fingerprint density at radius 3 is 2.67 bits per heavy atom. The zero-order valence-corrected chi connectivity index (χ0v) is 15.2. The van der Waals surface area contributed by atoms with E-state index in [-0.39, 0.29) is 11.4 Å². The molecule has 0 aliphatic heterocycles. The third kappa shape index (κ3) is 4.95. The number of nitrogens with one attached hydrogen (secondary N) is 1. The average Bonchev–Trinajstić information content (AvgIpc) is 2.56. The van der Waals surface area contributed by atoms with Crippen LogP contribution in [0.2, 0.25) is 0 Å². The maximum atomic E-state index is 12.4. The largest absolute Gasteiger partial charge is 0.272 e. The smallest absolute Gasteiger partial charge is 0.255 e. The summed E-state index contributed by atoms with van der Waals surface area (Å²) in [6.07, 6.45) is 4.63. The highest BCUT2D eigenvalue weighted by atomic mass is 79.9. The number of likely N-dealkylation sites (N-methyl/N-ethyl adjacent to an activating group) is 1. The van der Waals surface area contributed by atoms with E-state index >= 15 is 0 Å². The molecule has 1 aromatic carbocycles. The summed E-state index contributed by atoms with van der Waals surface area (Å²) in [5.74, 6) is -0.543. The Morgan fingerprint density at radius 2 is 2.04 bits per heavy atom. The second-order valence-corrected chi connectivity index (χ2v) is 7.76. The maximum absolute atomic E-state index is 12.4. The predicted molar refractivity (Wildman–Crippen MR) is 93.9 cm³/mol. The number of hydrazone groups is 1. The molecule has 0 atom stereocenters. The molecule has 24 heavy (non-hydrogen) atoms. The molecule has 2 rings (SSSR count). The standard InChI is InChI=1S/C15H15BrN4O3S/c1-20(24(22,23)14-6-4-13(16)5-7-14)11-15(21)19-18-10-12-3-2-8-17-9-12/h2-10H,11H2,1H3,(H,19,21)/b18-10-. The van der Waals surface area contributed by atoms with E-state index < -0.39 is 15.9 Å². The van der Waals surface area contributed by atoms with Gasteiger partial charge in [-0.25, -0.2) is 13.8 Å². The normalized spacial score (nSPS) is 11.8. The number of rotatable bonds is 6. The minimum absolute atomic E-state index is 0.111. The van der Waals surface area contributed by atoms with Gasteiger partial charge in [-0.05, 0) is 30.3 Å². The Morgan fingerprint density at radius 1 is 1.33 bits per heavy atom. The van der Waals surface area contributed by atoms with Crippen molar-refractivity contribution < 1.29 is 13.2 Å². The van der Waals surface area contributed by atoms with Crippen LogP contribution in [0, 0.1) is 0 Å². The first kappa shape index (κ1) is 18.2. The van der Waals surface area contributed by atoms with Crippen LogP contribution in [0.25, 0.3) is 0 Å². The maximum Gasteiger partial charge on any atom is 0.255 e. The van der Waals surface area contributed by atoms with Gasteiger partial charge < -0.3 is 0 Å². The van der Waals surface area contributed by atoms with Gasteiger partial charge in [-0.1, -0.05) is 22.0 Å². The highest BCUT2D eigenvalue weighted by Gasteiger charge is 2.22. The van der Waals surface area contributed by atoms with Crippen molar-refractivity contribution in [1.29, 1.82) is 0 Å². The van der Waals surface area contributed by atoms with Crippen LogP contribution in [-0.2, 0) is 14.8 Å². The number of hydrogen-bond acceptors (Lipinski definition) is 5. The second-order valence-electron chi connectivity index (χ2n) is 4.79. The summed E-state index contributed by atoms with van der Waals surface area (Å²) in [5.41, 5.74) is 3.00. The summed E-state index contributed by atoms with van der Waals surface area (Å²) >= 11 is 3.24. The number of amides is 1. The van der Waals surface area contributed by atoms with Gasteiger partial charge in [0.05, 0.1) is 17.7 Å². The van der Waals surface area contributed by atoms with Crippen molar-refractivity contribution in [1.82, 2.24) is 14.7 Å². The van der Waals surface area contributed by atoms with Gasteiger partial charge in [0.2, 0.25) is 10.0 Å². The molecular weight excluding hydrogens is 396 g/mol. The molecule has 0 bridgehead atoms. The summed E-state index contributed by atoms with van der Waals surface area (Å²) in [7, 11) is -2.40. The third-order valence-electron chi connectivity index (χ3n) is 2.98. The first-order valence-electron chi connectivity index (χ1n) is 6.83. The first-order chi connectivity index (χ1) is 11.4. The van der Waals surface area contributed by atoms with Gasteiger partial charge in [0.1, 0.15) is 0 Å². The van der Waals surface area contributed by atoms with Crippen LogP contribution in [0.1, 0.15) is 5.56 Å². The number of nitrogens with zero attached hydrogens (tertiary/aromatic N) is 3. The molecule has 0 spiro atoms. The molecule has 0 aliphatic rings. The van der Waals surface area contributed by atoms with E-state index in [1.54, 1.807) is 36.7 Å². The molecule has 0 fully saturated rings. The van der Waals surface area contributed by atoms with Crippen molar-refractivity contribution >= 4 is 38.1 Å². The molecule has 1 aromatic heterocycles. The number of carbonyl (C=O) groups excluding carboxylic acids is 1. The minimum atomic E-state index is -3.74. The fraction of sp³-hybridized carbons (Fsp3) is 0.133. The van der Waals surface area contributed by atoms with Gasteiger partial charge in [0.15, 0.2) is 0 Å². The van der Waals surface area contributed by atoms with Gasteiger partial charge in [-0.3, -0.25) is 9.78 Å². The summed E-state index contributed by atoms with van der Waals surface area (Å²) in [6.45, 7) is -0.344. The lowest BCUT2D eigenvalue weighted by atomic mass is 10.3. The Kier molecular flexibility index (Phi) is 6.18. The topological polar surface area (TPSA) is 91.7 Å². The lowest BCUT2D eigenvalue weighted by molar-refractivity contribution is -0.121. The Balaban J connectivity index is 1.95. The van der Waals surface area contributed by atoms with E-state index in [0.717, 1.165) is 8.78 Å². The molecule has 1 N–H and O–H groups in total. The zero-order chi connectivity index (χ0) is 17.6. The molecular formula is C15H15BrN4O3S. The molecule has 1 amide bonds. The monoisotopic (exact) mass is 410 g/mol. The van der Waals surface area contributed by atoms with Crippen molar-refractivity contribution in [2.45, 2.75) is 4.90 Å². The third-order valence-corrected chi connectivity index (χ3v) is 5.32. The lowest BCUT2D eigenvalue weighted by Gasteiger charge is -2.16. The van der Waals surface area contributed by atoms with Gasteiger partial charge in [0.25, 0.3) is 5.91 Å². The zero-order valence-electron chi connectivity index (χ0n) is 12.8. The summed E-state index contributed by atoms with van der Waals surface area (Å²) in [4.78, 5) is 15.8. The van der Waals surface area contributed by atoms with Gasteiger partial charge >= 0.3 is 0 Å². The number of pyridine rings is 1. The fourth-order valence-electron chi connectivity index (χ4n) is 1.74. The molecule has 7 nitrogen and oxygen atoms in total. The summed E-state index contributed by atoms with van der Waals surface area (Å²) in [5, 5.41) is 3.77. The Hall–Kier alpha value is -2.10. The molecule has 1 heterocycles. The van der Waals surface area contributed by atoms with E-state index in [9.17, 15) is 13.2 Å². The van der Waals surface area contributed by atoms with E-state index in [1.165, 1.54) is 25.4 Å². The quantitative estimate of drug-likeness (QED) is 0.578. The minimum Gasteiger partial charge on any atom is -0.272 e. The molecule has 0 unspecified atom stereocenters. The van der Waals surface area contributed by atoms with E-state index in [1.807, 2.05) is 0 Å². The van der Waals surface area contributed by atoms with Crippen molar-refractivity contribution in [3.05, 3.63) is 58.8 Å². The van der Waals surface area contributed by atoms with Crippen LogP contribution in [-0.4, -0.2) is 43.4 Å². The van der Waals surface area contributed by atoms with E-state index in [0.29, 0.717) is 5.56 Å². The summed E-state index contributed by atoms with van der Waals surface area (Å²) < 4.78 is 26.4. The first-order valence-corrected chi connectivity index (χ1v) is 9.07. The molecule has 126 valence electrons. The predicted octanol–water partition coefficient (Wildman–Crippen LogP) is 1.61. The number of aromatic nitrogens is 1. The van der Waals surface area contributed by atoms with Gasteiger partial charge in [-0.2, -0.15) is 9.41 Å². The van der Waals surface area contributed by atoms with Crippen molar-refractivity contribution in [3.63, 3.8) is 0 Å². The molecule has 0 saturated heterocycles. The van der Waals surface area contributed by atoms with Crippen molar-refractivity contribution in [2.75, 3.05) is 13.6 Å². The number of hydrogen-bond donors (Lipinski definition) is 1. The number of benzene rings is 1. The highest BCUT2D eigenvalue weighted by molar-refractivity contribution is 9.10. The summed E-state index contributed by atoms with van der Waals surface area (Å²) in [6, 6.07) is 9.69. The molecule has 0 aliphatic carbocycles. The van der Waals surface area contributed by atoms with Crippen molar-refractivity contribution in [3.8, 4) is 0 Å². The second kappa shape index (κ2) is 8.13. The number of carbonyl (C=O) groups is 1. The lowest BCUT2D eigenvalue weighted by Crippen LogP contribution is -2.36. The van der Waals surface area contributed by atoms with Crippen LogP contribution < -0.4 is 5.43 Å². The molecule has 9 heteroatoms. The van der Waals surface area contributed by atoms with Gasteiger partial charge in [-0.15, -0.1) is 0 Å². The SMILES string of the molecule is CN(CC(=O)N/N=C\c1cccnc1)S(=O)(=O)c1ccc(Br)cc1. The molecule has 0 saturated carbocycles. The number of sulfonamides is 1. The highest BCUT2D eigenvalue weighted by Crippen LogP contribution is 2.17. The van der Waals surface area contributed by atoms with Crippen molar-refractivity contribution in [2.24, 2.45) is 5.10 Å². The Bertz CT molecular complexity index is 824. The van der Waals surface area contributed by atoms with E-state index in [4.69, 9.17) is 0 Å². The van der Waals surface area contributed by atoms with Crippen LogP contribution in [0.15, 0.2) is 63.3 Å². The van der Waals surface area contributed by atoms with Crippen LogP contribution in [0.3, 0.4) is 0 Å². The molecule has 2 aromatic rings. The fourth-order valence-corrected chi connectivity index (χ4v) is 3.13. The van der Waals surface area contributed by atoms with E-state index in [2.05, 4.69) is 31.4 Å². The number of halogens is 1. The Labute approximate surface area is 148 Å². The van der Waals surface area contributed by atoms with Crippen LogP contribution in [0.5, 0.6) is 0 Å². The average molecular weight is 411 g/mol. The van der Waals surface area contributed by atoms with Crippen LogP contribution in [0.4, 0.5) is 0 Å². The van der Waals surface area contributed by atoms with Gasteiger partial charge in [0, 0.05) is 29.5 Å². The molecule has 0 radical (unpaired) electrons.